The number of nitrogens with zero attached hydrogens (tertiary/aromatic N) is 2. The lowest BCUT2D eigenvalue weighted by molar-refractivity contribution is -0.383. The minimum Gasteiger partial charge on any atom is -0.449 e. The Morgan fingerprint density at radius 1 is 1.14 bits per heavy atom. The van der Waals surface area contributed by atoms with E-state index in [1.807, 2.05) is 0 Å². The van der Waals surface area contributed by atoms with E-state index in [0.29, 0.717) is 0 Å². The molecule has 1 aliphatic carbocycles. The van der Waals surface area contributed by atoms with Crippen LogP contribution in [0.2, 0.25) is 0 Å². The quantitative estimate of drug-likeness (QED) is 0.298. The fourth-order valence-corrected chi connectivity index (χ4v) is 1.87. The van der Waals surface area contributed by atoms with Crippen LogP contribution in [0.1, 0.15) is 0 Å². The molecule has 0 saturated heterocycles. The summed E-state index contributed by atoms with van der Waals surface area (Å²) in [6, 6.07) is 3.54. The monoisotopic (exact) mass is 296 g/mol. The summed E-state index contributed by atoms with van der Waals surface area (Å²) in [7, 11) is 0. The van der Waals surface area contributed by atoms with Crippen LogP contribution in [0.5, 0.6) is 0 Å². The largest absolute Gasteiger partial charge is 0.449 e. The van der Waals surface area contributed by atoms with E-state index in [4.69, 9.17) is 4.42 Å². The molecule has 0 spiro atoms. The van der Waals surface area contributed by atoms with Crippen LogP contribution < -0.4 is 5.43 Å². The number of para-hydroxylation sites is 1. The van der Waals surface area contributed by atoms with Gasteiger partial charge in [-0.3, -0.25) is 14.9 Å². The molecular formula is C12H3F3N2O4. The van der Waals surface area contributed by atoms with Crippen LogP contribution in [0, 0.1) is 27.6 Å². The maximum absolute atomic E-state index is 13.7. The zero-order valence-corrected chi connectivity index (χ0v) is 9.89. The molecule has 0 fully saturated rings. The lowest BCUT2D eigenvalue weighted by Gasteiger charge is -2.08. The first kappa shape index (κ1) is 13.0. The van der Waals surface area contributed by atoms with Gasteiger partial charge in [0.1, 0.15) is 5.69 Å². The Morgan fingerprint density at radius 2 is 1.86 bits per heavy atom. The van der Waals surface area contributed by atoms with Crippen molar-refractivity contribution in [3.63, 3.8) is 0 Å². The number of nitro groups is 1. The molecule has 1 heterocycles. The molecule has 1 aromatic rings. The Kier molecular flexibility index (Phi) is 2.65. The van der Waals surface area contributed by atoms with Crippen molar-refractivity contribution >= 4 is 16.8 Å². The molecule has 0 atom stereocenters. The van der Waals surface area contributed by atoms with E-state index in [0.717, 1.165) is 6.07 Å². The molecule has 0 radical (unpaired) electrons. The number of aromatic nitrogens is 1. The number of fused-ring (bicyclic) bond motifs is 2. The van der Waals surface area contributed by atoms with E-state index in [9.17, 15) is 28.1 Å². The highest BCUT2D eigenvalue weighted by Crippen LogP contribution is 2.32. The maximum Gasteiger partial charge on any atom is 0.298 e. The fourth-order valence-electron chi connectivity index (χ4n) is 1.87. The van der Waals surface area contributed by atoms with Gasteiger partial charge in [0.05, 0.1) is 4.92 Å². The maximum atomic E-state index is 13.7. The van der Waals surface area contributed by atoms with Crippen LogP contribution in [0.15, 0.2) is 27.4 Å². The molecule has 1 aromatic carbocycles. The highest BCUT2D eigenvalue weighted by atomic mass is 19.2. The van der Waals surface area contributed by atoms with Crippen LogP contribution in [0.4, 0.5) is 18.9 Å². The minimum absolute atomic E-state index is 0.235. The van der Waals surface area contributed by atoms with Crippen LogP contribution in [-0.4, -0.2) is 9.91 Å². The summed E-state index contributed by atoms with van der Waals surface area (Å²) in [5.74, 6) is -6.22. The first-order valence-electron chi connectivity index (χ1n) is 5.46. The SMILES string of the molecule is O=c1c(F)c2oc3cccc([N+](=O)[O-])c3nc-2c(F)c1F. The van der Waals surface area contributed by atoms with Crippen molar-refractivity contribution in [2.24, 2.45) is 0 Å². The number of hydrogen-bond acceptors (Lipinski definition) is 5. The van der Waals surface area contributed by atoms with Crippen molar-refractivity contribution in [2.75, 3.05) is 0 Å². The smallest absolute Gasteiger partial charge is 0.298 e. The van der Waals surface area contributed by atoms with Crippen molar-refractivity contribution in [1.82, 2.24) is 4.98 Å². The van der Waals surface area contributed by atoms with E-state index in [2.05, 4.69) is 4.98 Å². The van der Waals surface area contributed by atoms with Crippen molar-refractivity contribution < 1.29 is 22.5 Å². The summed E-state index contributed by atoms with van der Waals surface area (Å²) >= 11 is 0. The van der Waals surface area contributed by atoms with Gasteiger partial charge in [-0.15, -0.1) is 0 Å². The molecule has 2 aliphatic rings. The Balaban J connectivity index is 2.57. The summed E-state index contributed by atoms with van der Waals surface area (Å²) < 4.78 is 45.5. The average molecular weight is 296 g/mol. The molecule has 0 amide bonds. The summed E-state index contributed by atoms with van der Waals surface area (Å²) in [6.07, 6.45) is 0. The molecule has 0 saturated carbocycles. The first-order chi connectivity index (χ1) is 9.91. The topological polar surface area (TPSA) is 86.2 Å². The van der Waals surface area contributed by atoms with Gasteiger partial charge in [-0.05, 0) is 6.07 Å². The first-order valence-corrected chi connectivity index (χ1v) is 5.46. The number of hydrogen-bond donors (Lipinski definition) is 0. The summed E-state index contributed by atoms with van der Waals surface area (Å²) in [4.78, 5) is 24.7. The number of rotatable bonds is 1. The summed E-state index contributed by atoms with van der Waals surface area (Å²) in [6.45, 7) is 0. The second-order valence-electron chi connectivity index (χ2n) is 4.04. The highest BCUT2D eigenvalue weighted by molar-refractivity contribution is 5.84. The van der Waals surface area contributed by atoms with Crippen LogP contribution in [0.3, 0.4) is 0 Å². The van der Waals surface area contributed by atoms with E-state index in [1.165, 1.54) is 12.1 Å². The van der Waals surface area contributed by atoms with Gasteiger partial charge in [0.15, 0.2) is 22.7 Å². The van der Waals surface area contributed by atoms with Gasteiger partial charge in [0.25, 0.3) is 11.1 Å². The molecular weight excluding hydrogens is 293 g/mol. The molecule has 0 N–H and O–H groups in total. The third kappa shape index (κ3) is 1.74. The predicted octanol–water partition coefficient (Wildman–Crippen LogP) is 2.62. The van der Waals surface area contributed by atoms with Crippen molar-refractivity contribution in [2.45, 2.75) is 0 Å². The lowest BCUT2D eigenvalue weighted by atomic mass is 10.2. The van der Waals surface area contributed by atoms with Gasteiger partial charge in [0.2, 0.25) is 11.6 Å². The molecule has 0 aromatic heterocycles. The van der Waals surface area contributed by atoms with Gasteiger partial charge in [0, 0.05) is 6.07 Å². The molecule has 3 rings (SSSR count). The molecule has 0 unspecified atom stereocenters. The normalized spacial score (nSPS) is 11.2. The Hall–Kier alpha value is -2.97. The second-order valence-corrected chi connectivity index (χ2v) is 4.04. The Bertz CT molecular complexity index is 938. The minimum atomic E-state index is -1.96. The van der Waals surface area contributed by atoms with Gasteiger partial charge < -0.3 is 4.42 Å². The van der Waals surface area contributed by atoms with Crippen molar-refractivity contribution in [3.05, 3.63) is 56.0 Å². The van der Waals surface area contributed by atoms with Crippen molar-refractivity contribution in [3.8, 4) is 11.5 Å². The second kappa shape index (κ2) is 4.27. The zero-order chi connectivity index (χ0) is 15.3. The van der Waals surface area contributed by atoms with Gasteiger partial charge in [-0.1, -0.05) is 6.07 Å². The van der Waals surface area contributed by atoms with Crippen LogP contribution in [-0.2, 0) is 0 Å². The summed E-state index contributed by atoms with van der Waals surface area (Å²) in [5, 5.41) is 10.9. The van der Waals surface area contributed by atoms with Gasteiger partial charge in [-0.25, -0.2) is 9.37 Å². The lowest BCUT2D eigenvalue weighted by Crippen LogP contribution is -2.17. The Morgan fingerprint density at radius 3 is 2.52 bits per heavy atom. The third-order valence-electron chi connectivity index (χ3n) is 2.82. The van der Waals surface area contributed by atoms with Crippen LogP contribution >= 0.6 is 0 Å². The fraction of sp³-hybridized carbons (Fsp3) is 0. The van der Waals surface area contributed by atoms with Crippen LogP contribution in [0.25, 0.3) is 22.6 Å². The van der Waals surface area contributed by atoms with Crippen molar-refractivity contribution in [1.29, 1.82) is 0 Å². The standard InChI is InChI=1S/C12H3F3N2O4/c13-6-7(14)11(18)8(15)12-10(6)16-9-4(17(19)20)2-1-3-5(9)21-12/h1-3H. The number of non-ortho nitro benzene ring substituents is 1. The molecule has 21 heavy (non-hydrogen) atoms. The molecule has 9 heteroatoms. The highest BCUT2D eigenvalue weighted by Gasteiger charge is 2.29. The molecule has 6 nitrogen and oxygen atoms in total. The number of halogens is 3. The van der Waals surface area contributed by atoms with Gasteiger partial charge >= 0.3 is 0 Å². The predicted molar refractivity (Wildman–Crippen MR) is 63.4 cm³/mol. The molecule has 0 bridgehead atoms. The van der Waals surface area contributed by atoms with E-state index < -0.39 is 44.9 Å². The average Bonchev–Trinajstić information content (AvgIpc) is 2.48. The number of nitro benzene ring substituents is 1. The van der Waals surface area contributed by atoms with E-state index >= 15 is 0 Å². The third-order valence-corrected chi connectivity index (χ3v) is 2.82. The van der Waals surface area contributed by atoms with E-state index in [-0.39, 0.29) is 11.1 Å². The zero-order valence-electron chi connectivity index (χ0n) is 9.89. The summed E-state index contributed by atoms with van der Waals surface area (Å²) in [5.41, 5.74) is -3.86. The van der Waals surface area contributed by atoms with Gasteiger partial charge in [-0.2, -0.15) is 8.78 Å². The Labute approximate surface area is 112 Å². The molecule has 106 valence electrons. The van der Waals surface area contributed by atoms with E-state index in [1.54, 1.807) is 0 Å². The number of benzene rings is 2. The molecule has 1 aliphatic heterocycles.